The average Bonchev–Trinajstić information content (AvgIpc) is 2.25. The number of carbonyl (C=O) groups excluding carboxylic acids is 1. The van der Waals surface area contributed by atoms with Crippen molar-refractivity contribution >= 4 is 11.7 Å². The minimum atomic E-state index is -0.00593. The van der Waals surface area contributed by atoms with E-state index in [-0.39, 0.29) is 11.8 Å². The van der Waals surface area contributed by atoms with Crippen LogP contribution in [0.25, 0.3) is 0 Å². The molecule has 0 spiro atoms. The normalized spacial score (nSPS) is 12.5. The molecule has 4 nitrogen and oxygen atoms in total. The summed E-state index contributed by atoms with van der Waals surface area (Å²) in [7, 11) is 0. The standard InChI is InChI=1S/C15H25N3O/c1-10(2)5-13(9-16)8-15(19)18-14-7-11(3)6-12(4)17-14/h6-7,10,13H,5,8-9,16H2,1-4H3,(H,17,18,19). The molecule has 106 valence electrons. The molecular weight excluding hydrogens is 238 g/mol. The summed E-state index contributed by atoms with van der Waals surface area (Å²) in [4.78, 5) is 16.3. The predicted molar refractivity (Wildman–Crippen MR) is 79.0 cm³/mol. The molecule has 1 amide bonds. The third kappa shape index (κ3) is 5.83. The number of carbonyl (C=O) groups is 1. The number of anilines is 1. The van der Waals surface area contributed by atoms with Crippen molar-refractivity contribution in [1.82, 2.24) is 4.98 Å². The summed E-state index contributed by atoms with van der Waals surface area (Å²) in [6, 6.07) is 3.86. The van der Waals surface area contributed by atoms with E-state index in [2.05, 4.69) is 24.1 Å². The molecule has 0 radical (unpaired) electrons. The van der Waals surface area contributed by atoms with Crippen LogP contribution in [0.1, 0.15) is 37.9 Å². The molecular formula is C15H25N3O. The van der Waals surface area contributed by atoms with Crippen LogP contribution in [-0.4, -0.2) is 17.4 Å². The highest BCUT2D eigenvalue weighted by Gasteiger charge is 2.14. The minimum absolute atomic E-state index is 0.00593. The van der Waals surface area contributed by atoms with Crippen LogP contribution in [0.5, 0.6) is 0 Å². The van der Waals surface area contributed by atoms with Crippen LogP contribution < -0.4 is 11.1 Å². The first-order valence-corrected chi connectivity index (χ1v) is 6.86. The molecule has 0 bridgehead atoms. The fourth-order valence-electron chi connectivity index (χ4n) is 2.29. The largest absolute Gasteiger partial charge is 0.330 e. The summed E-state index contributed by atoms with van der Waals surface area (Å²) in [6.45, 7) is 8.75. The van der Waals surface area contributed by atoms with Crippen molar-refractivity contribution in [2.75, 3.05) is 11.9 Å². The van der Waals surface area contributed by atoms with Crippen LogP contribution in [0.15, 0.2) is 12.1 Å². The zero-order chi connectivity index (χ0) is 14.4. The van der Waals surface area contributed by atoms with E-state index < -0.39 is 0 Å². The van der Waals surface area contributed by atoms with E-state index in [0.717, 1.165) is 17.7 Å². The Bertz CT molecular complexity index is 409. The number of nitrogens with one attached hydrogen (secondary N) is 1. The first kappa shape index (κ1) is 15.6. The summed E-state index contributed by atoms with van der Waals surface area (Å²) >= 11 is 0. The van der Waals surface area contributed by atoms with Gasteiger partial charge in [0.05, 0.1) is 0 Å². The Morgan fingerprint density at radius 2 is 2.05 bits per heavy atom. The molecule has 3 N–H and O–H groups in total. The van der Waals surface area contributed by atoms with Gasteiger partial charge in [-0.05, 0) is 56.3 Å². The van der Waals surface area contributed by atoms with E-state index in [1.54, 1.807) is 0 Å². The molecule has 1 aromatic heterocycles. The molecule has 0 fully saturated rings. The quantitative estimate of drug-likeness (QED) is 0.829. The lowest BCUT2D eigenvalue weighted by molar-refractivity contribution is -0.117. The minimum Gasteiger partial charge on any atom is -0.330 e. The Morgan fingerprint density at radius 1 is 1.37 bits per heavy atom. The van der Waals surface area contributed by atoms with Crippen molar-refractivity contribution in [1.29, 1.82) is 0 Å². The Morgan fingerprint density at radius 3 is 2.58 bits per heavy atom. The van der Waals surface area contributed by atoms with Crippen LogP contribution in [0.2, 0.25) is 0 Å². The van der Waals surface area contributed by atoms with Gasteiger partial charge in [-0.1, -0.05) is 13.8 Å². The monoisotopic (exact) mass is 263 g/mol. The average molecular weight is 263 g/mol. The second kappa shape index (κ2) is 7.24. The lowest BCUT2D eigenvalue weighted by Gasteiger charge is -2.16. The number of hydrogen-bond acceptors (Lipinski definition) is 3. The first-order chi connectivity index (χ1) is 8.90. The van der Waals surface area contributed by atoms with Gasteiger partial charge in [-0.25, -0.2) is 4.98 Å². The van der Waals surface area contributed by atoms with Gasteiger partial charge >= 0.3 is 0 Å². The van der Waals surface area contributed by atoms with Crippen molar-refractivity contribution in [2.24, 2.45) is 17.6 Å². The summed E-state index contributed by atoms with van der Waals surface area (Å²) in [5.41, 5.74) is 7.72. The van der Waals surface area contributed by atoms with Crippen LogP contribution in [0.3, 0.4) is 0 Å². The fraction of sp³-hybridized carbons (Fsp3) is 0.600. The maximum absolute atomic E-state index is 12.0. The maximum Gasteiger partial charge on any atom is 0.225 e. The zero-order valence-electron chi connectivity index (χ0n) is 12.4. The molecule has 4 heteroatoms. The zero-order valence-corrected chi connectivity index (χ0v) is 12.4. The number of hydrogen-bond donors (Lipinski definition) is 2. The number of aryl methyl sites for hydroxylation is 2. The van der Waals surface area contributed by atoms with Gasteiger partial charge in [0.15, 0.2) is 0 Å². The Balaban J connectivity index is 2.58. The predicted octanol–water partition coefficient (Wildman–Crippen LogP) is 2.65. The number of nitrogens with two attached hydrogens (primary N) is 1. The van der Waals surface area contributed by atoms with Crippen molar-refractivity contribution in [2.45, 2.75) is 40.5 Å². The van der Waals surface area contributed by atoms with Crippen LogP contribution in [0, 0.1) is 25.7 Å². The third-order valence-corrected chi connectivity index (χ3v) is 2.98. The molecule has 0 saturated heterocycles. The van der Waals surface area contributed by atoms with E-state index in [9.17, 15) is 4.79 Å². The van der Waals surface area contributed by atoms with Gasteiger partial charge in [-0.3, -0.25) is 4.79 Å². The van der Waals surface area contributed by atoms with Gasteiger partial charge in [0.2, 0.25) is 5.91 Å². The van der Waals surface area contributed by atoms with E-state index >= 15 is 0 Å². The second-order valence-corrected chi connectivity index (χ2v) is 5.65. The van der Waals surface area contributed by atoms with E-state index in [1.807, 2.05) is 26.0 Å². The molecule has 1 rings (SSSR count). The van der Waals surface area contributed by atoms with Crippen molar-refractivity contribution < 1.29 is 4.79 Å². The SMILES string of the molecule is Cc1cc(C)nc(NC(=O)CC(CN)CC(C)C)c1. The summed E-state index contributed by atoms with van der Waals surface area (Å²) < 4.78 is 0. The number of pyridine rings is 1. The second-order valence-electron chi connectivity index (χ2n) is 5.65. The highest BCUT2D eigenvalue weighted by atomic mass is 16.1. The van der Waals surface area contributed by atoms with Crippen LogP contribution >= 0.6 is 0 Å². The summed E-state index contributed by atoms with van der Waals surface area (Å²) in [6.07, 6.45) is 1.44. The smallest absolute Gasteiger partial charge is 0.225 e. The van der Waals surface area contributed by atoms with Gasteiger partial charge in [-0.2, -0.15) is 0 Å². The van der Waals surface area contributed by atoms with E-state index in [4.69, 9.17) is 5.73 Å². The fourth-order valence-corrected chi connectivity index (χ4v) is 2.29. The molecule has 0 aromatic carbocycles. The third-order valence-electron chi connectivity index (χ3n) is 2.98. The van der Waals surface area contributed by atoms with Gasteiger partial charge in [0.25, 0.3) is 0 Å². The molecule has 0 aliphatic heterocycles. The maximum atomic E-state index is 12.0. The highest BCUT2D eigenvalue weighted by Crippen LogP contribution is 2.16. The lowest BCUT2D eigenvalue weighted by atomic mass is 9.94. The van der Waals surface area contributed by atoms with Crippen LogP contribution in [0.4, 0.5) is 5.82 Å². The van der Waals surface area contributed by atoms with Gasteiger partial charge in [0.1, 0.15) is 5.82 Å². The van der Waals surface area contributed by atoms with Crippen molar-refractivity contribution in [3.05, 3.63) is 23.4 Å². The summed E-state index contributed by atoms with van der Waals surface area (Å²) in [5.74, 6) is 1.42. The van der Waals surface area contributed by atoms with Crippen molar-refractivity contribution in [3.63, 3.8) is 0 Å². The number of aromatic nitrogens is 1. The number of rotatable bonds is 6. The van der Waals surface area contributed by atoms with Gasteiger partial charge in [0, 0.05) is 12.1 Å². The molecule has 1 aromatic rings. The number of nitrogens with zero attached hydrogens (tertiary/aromatic N) is 1. The van der Waals surface area contributed by atoms with E-state index in [1.165, 1.54) is 0 Å². The summed E-state index contributed by atoms with van der Waals surface area (Å²) in [5, 5.41) is 2.86. The Hall–Kier alpha value is -1.42. The Kier molecular flexibility index (Phi) is 5.96. The van der Waals surface area contributed by atoms with Gasteiger partial charge < -0.3 is 11.1 Å². The molecule has 19 heavy (non-hydrogen) atoms. The van der Waals surface area contributed by atoms with Gasteiger partial charge in [-0.15, -0.1) is 0 Å². The molecule has 1 atom stereocenters. The molecule has 0 aliphatic rings. The molecule has 0 aliphatic carbocycles. The molecule has 0 saturated carbocycles. The van der Waals surface area contributed by atoms with Crippen LogP contribution in [-0.2, 0) is 4.79 Å². The van der Waals surface area contributed by atoms with Crippen molar-refractivity contribution in [3.8, 4) is 0 Å². The Labute approximate surface area is 115 Å². The molecule has 1 heterocycles. The number of amides is 1. The first-order valence-electron chi connectivity index (χ1n) is 6.86. The molecule has 1 unspecified atom stereocenters. The lowest BCUT2D eigenvalue weighted by Crippen LogP contribution is -2.23. The van der Waals surface area contributed by atoms with E-state index in [0.29, 0.717) is 24.7 Å². The topological polar surface area (TPSA) is 68.0 Å². The highest BCUT2D eigenvalue weighted by molar-refractivity contribution is 5.90.